The van der Waals surface area contributed by atoms with E-state index in [1.165, 1.54) is 4.68 Å². The number of anilines is 1. The van der Waals surface area contributed by atoms with Crippen molar-refractivity contribution in [2.75, 3.05) is 19.0 Å². The third-order valence-electron chi connectivity index (χ3n) is 4.92. The second-order valence-corrected chi connectivity index (χ2v) is 7.14. The number of ether oxygens (including phenoxy) is 2. The van der Waals surface area contributed by atoms with Gasteiger partial charge in [-0.25, -0.2) is 4.68 Å². The van der Waals surface area contributed by atoms with E-state index >= 15 is 0 Å². The first-order valence-electron chi connectivity index (χ1n) is 9.40. The van der Waals surface area contributed by atoms with Crippen LogP contribution in [0.2, 0.25) is 0 Å². The average Bonchev–Trinajstić information content (AvgIpc) is 3.39. The monoisotopic (exact) mass is 397 g/mol. The molecule has 0 radical (unpaired) electrons. The Kier molecular flexibility index (Phi) is 5.20. The maximum atomic E-state index is 12.3. The van der Waals surface area contributed by atoms with Crippen LogP contribution in [0, 0.1) is 12.8 Å². The summed E-state index contributed by atoms with van der Waals surface area (Å²) < 4.78 is 17.3. The Morgan fingerprint density at radius 2 is 2.21 bits per heavy atom. The second kappa shape index (κ2) is 7.94. The zero-order chi connectivity index (χ0) is 20.4. The Labute approximate surface area is 167 Å². The molecule has 152 valence electrons. The van der Waals surface area contributed by atoms with Crippen molar-refractivity contribution in [3.05, 3.63) is 58.0 Å². The molecule has 0 aromatic carbocycles. The van der Waals surface area contributed by atoms with Gasteiger partial charge in [-0.2, -0.15) is 0 Å². The molecule has 0 saturated heterocycles. The van der Waals surface area contributed by atoms with E-state index < -0.39 is 0 Å². The standard InChI is InChI=1S/C20H23N5O4/c1-12-6-14(24-29-12)9-21-18-8-19(23-25(2)20(18)26)28-11-13-7-16(13)17-5-4-15(27-3)10-22-17/h4-6,8,10,13,16,21H,7,9,11H2,1-3H3/t13?,16-/m1/s1. The molecule has 1 unspecified atom stereocenters. The summed E-state index contributed by atoms with van der Waals surface area (Å²) in [4.78, 5) is 16.8. The molecule has 3 aromatic heterocycles. The summed E-state index contributed by atoms with van der Waals surface area (Å²) in [6, 6.07) is 7.35. The smallest absolute Gasteiger partial charge is 0.290 e. The van der Waals surface area contributed by atoms with Crippen molar-refractivity contribution in [2.24, 2.45) is 13.0 Å². The lowest BCUT2D eigenvalue weighted by molar-refractivity contribution is 0.278. The Morgan fingerprint density at radius 1 is 1.34 bits per heavy atom. The van der Waals surface area contributed by atoms with Crippen LogP contribution < -0.4 is 20.3 Å². The summed E-state index contributed by atoms with van der Waals surface area (Å²) in [6.45, 7) is 2.72. The highest BCUT2D eigenvalue weighted by Gasteiger charge is 2.40. The van der Waals surface area contributed by atoms with Gasteiger partial charge in [0.25, 0.3) is 5.56 Å². The van der Waals surface area contributed by atoms with Crippen LogP contribution in [0.3, 0.4) is 0 Å². The third-order valence-corrected chi connectivity index (χ3v) is 4.92. The minimum absolute atomic E-state index is 0.232. The van der Waals surface area contributed by atoms with Crippen LogP contribution in [0.1, 0.15) is 29.5 Å². The van der Waals surface area contributed by atoms with E-state index in [9.17, 15) is 4.79 Å². The van der Waals surface area contributed by atoms with Gasteiger partial charge < -0.3 is 19.3 Å². The van der Waals surface area contributed by atoms with Crippen molar-refractivity contribution in [3.8, 4) is 11.6 Å². The number of pyridine rings is 1. The van der Waals surface area contributed by atoms with Gasteiger partial charge in [0, 0.05) is 36.7 Å². The number of hydrogen-bond acceptors (Lipinski definition) is 8. The van der Waals surface area contributed by atoms with E-state index in [2.05, 4.69) is 20.6 Å². The SMILES string of the molecule is COc1ccc([C@@H]2CC2COc2cc(NCc3cc(C)on3)c(=O)n(C)n2)nc1. The van der Waals surface area contributed by atoms with Crippen LogP contribution in [0.5, 0.6) is 11.6 Å². The zero-order valence-corrected chi connectivity index (χ0v) is 16.6. The van der Waals surface area contributed by atoms with E-state index in [-0.39, 0.29) is 5.56 Å². The highest BCUT2D eigenvalue weighted by atomic mass is 16.5. The molecule has 1 aliphatic carbocycles. The molecule has 9 nitrogen and oxygen atoms in total. The molecular formula is C20H23N5O4. The Balaban J connectivity index is 1.36. The zero-order valence-electron chi connectivity index (χ0n) is 16.6. The highest BCUT2D eigenvalue weighted by molar-refractivity contribution is 5.43. The van der Waals surface area contributed by atoms with Crippen LogP contribution >= 0.6 is 0 Å². The molecule has 2 atom stereocenters. The predicted octanol–water partition coefficient (Wildman–Crippen LogP) is 2.27. The van der Waals surface area contributed by atoms with Crippen LogP contribution in [0.25, 0.3) is 0 Å². The van der Waals surface area contributed by atoms with Gasteiger partial charge in [-0.3, -0.25) is 9.78 Å². The van der Waals surface area contributed by atoms with Crippen molar-refractivity contribution in [1.29, 1.82) is 0 Å². The average molecular weight is 397 g/mol. The number of nitrogens with one attached hydrogen (secondary N) is 1. The first kappa shape index (κ1) is 19.0. The summed E-state index contributed by atoms with van der Waals surface area (Å²) in [7, 11) is 3.22. The maximum Gasteiger partial charge on any atom is 0.290 e. The van der Waals surface area contributed by atoms with Crippen LogP contribution in [-0.2, 0) is 13.6 Å². The fourth-order valence-electron chi connectivity index (χ4n) is 3.18. The van der Waals surface area contributed by atoms with Crippen molar-refractivity contribution < 1.29 is 14.0 Å². The minimum Gasteiger partial charge on any atom is -0.495 e. The van der Waals surface area contributed by atoms with Crippen LogP contribution in [0.15, 0.2) is 39.8 Å². The Hall–Kier alpha value is -3.36. The molecule has 1 N–H and O–H groups in total. The predicted molar refractivity (Wildman–Crippen MR) is 105 cm³/mol. The van der Waals surface area contributed by atoms with Gasteiger partial charge in [0.15, 0.2) is 0 Å². The fourth-order valence-corrected chi connectivity index (χ4v) is 3.18. The molecule has 0 aliphatic heterocycles. The summed E-state index contributed by atoms with van der Waals surface area (Å²) >= 11 is 0. The first-order chi connectivity index (χ1) is 14.0. The van der Waals surface area contributed by atoms with Gasteiger partial charge in [-0.05, 0) is 25.5 Å². The topological polar surface area (TPSA) is 104 Å². The van der Waals surface area contributed by atoms with Crippen LogP contribution in [0.4, 0.5) is 5.69 Å². The summed E-state index contributed by atoms with van der Waals surface area (Å²) in [5.41, 5.74) is 1.93. The van der Waals surface area contributed by atoms with Gasteiger partial charge in [-0.15, -0.1) is 5.10 Å². The Morgan fingerprint density at radius 3 is 2.90 bits per heavy atom. The lowest BCUT2D eigenvalue weighted by Crippen LogP contribution is -2.24. The van der Waals surface area contributed by atoms with E-state index in [1.807, 2.05) is 25.1 Å². The molecule has 1 aliphatic rings. The first-order valence-corrected chi connectivity index (χ1v) is 9.40. The number of nitrogens with zero attached hydrogens (tertiary/aromatic N) is 4. The van der Waals surface area contributed by atoms with E-state index in [4.69, 9.17) is 14.0 Å². The third kappa shape index (κ3) is 4.39. The minimum atomic E-state index is -0.232. The number of methoxy groups -OCH3 is 1. The highest BCUT2D eigenvalue weighted by Crippen LogP contribution is 2.46. The quantitative estimate of drug-likeness (QED) is 0.617. The lowest BCUT2D eigenvalue weighted by Gasteiger charge is -2.10. The number of rotatable bonds is 8. The molecule has 29 heavy (non-hydrogen) atoms. The second-order valence-electron chi connectivity index (χ2n) is 7.14. The molecule has 0 amide bonds. The molecule has 3 aromatic rings. The summed E-state index contributed by atoms with van der Waals surface area (Å²) in [6.07, 6.45) is 2.75. The maximum absolute atomic E-state index is 12.3. The molecule has 0 bridgehead atoms. The van der Waals surface area contributed by atoms with E-state index in [0.717, 1.165) is 29.3 Å². The molecule has 3 heterocycles. The van der Waals surface area contributed by atoms with Gasteiger partial charge in [0.05, 0.1) is 26.5 Å². The largest absolute Gasteiger partial charge is 0.495 e. The number of aromatic nitrogens is 4. The lowest BCUT2D eigenvalue weighted by atomic mass is 10.2. The molecule has 0 spiro atoms. The summed E-state index contributed by atoms with van der Waals surface area (Å²) in [5, 5.41) is 11.2. The molecule has 9 heteroatoms. The van der Waals surface area contributed by atoms with Gasteiger partial charge in [-0.1, -0.05) is 5.16 Å². The molecule has 4 rings (SSSR count). The van der Waals surface area contributed by atoms with Crippen molar-refractivity contribution in [2.45, 2.75) is 25.8 Å². The van der Waals surface area contributed by atoms with Gasteiger partial charge in [0.2, 0.25) is 5.88 Å². The van der Waals surface area contributed by atoms with Crippen LogP contribution in [-0.4, -0.2) is 33.6 Å². The van der Waals surface area contributed by atoms with Crippen molar-refractivity contribution in [3.63, 3.8) is 0 Å². The fraction of sp³-hybridized carbons (Fsp3) is 0.400. The van der Waals surface area contributed by atoms with Crippen molar-refractivity contribution in [1.82, 2.24) is 19.9 Å². The van der Waals surface area contributed by atoms with Gasteiger partial charge in [0.1, 0.15) is 22.9 Å². The molecule has 1 fully saturated rings. The van der Waals surface area contributed by atoms with Gasteiger partial charge >= 0.3 is 0 Å². The number of hydrogen-bond donors (Lipinski definition) is 1. The Bertz CT molecular complexity index is 1040. The van der Waals surface area contributed by atoms with Crippen molar-refractivity contribution >= 4 is 5.69 Å². The molecular weight excluding hydrogens is 374 g/mol. The normalized spacial score (nSPS) is 17.8. The molecule has 1 saturated carbocycles. The van der Waals surface area contributed by atoms with E-state index in [0.29, 0.717) is 36.6 Å². The summed E-state index contributed by atoms with van der Waals surface area (Å²) in [5.74, 6) is 2.63. The number of aryl methyl sites for hydroxylation is 2. The van der Waals surface area contributed by atoms with E-state index in [1.54, 1.807) is 26.4 Å².